The Morgan fingerprint density at radius 2 is 2.11 bits per heavy atom. The van der Waals surface area contributed by atoms with E-state index in [2.05, 4.69) is 10.3 Å². The van der Waals surface area contributed by atoms with Crippen molar-refractivity contribution in [2.24, 2.45) is 0 Å². The summed E-state index contributed by atoms with van der Waals surface area (Å²) in [5.74, 6) is 1.34. The molecule has 0 saturated heterocycles. The van der Waals surface area contributed by atoms with Crippen molar-refractivity contribution in [2.75, 3.05) is 40.6 Å². The molecule has 0 atom stereocenters. The summed E-state index contributed by atoms with van der Waals surface area (Å²) in [4.78, 5) is 4.27. The second-order valence-electron chi connectivity index (χ2n) is 3.86. The Morgan fingerprint density at radius 3 is 2.79 bits per heavy atom. The minimum absolute atomic E-state index is 0.0678. The van der Waals surface area contributed by atoms with Gasteiger partial charge in [0.25, 0.3) is 0 Å². The van der Waals surface area contributed by atoms with Gasteiger partial charge in [-0.15, -0.1) is 0 Å². The van der Waals surface area contributed by atoms with Crippen LogP contribution in [-0.4, -0.2) is 50.7 Å². The van der Waals surface area contributed by atoms with E-state index in [1.165, 1.54) is 0 Å². The summed E-state index contributed by atoms with van der Waals surface area (Å²) < 4.78 is 15.7. The normalized spacial score (nSPS) is 10.5. The largest absolute Gasteiger partial charge is 0.493 e. The molecule has 0 spiro atoms. The third-order valence-electron chi connectivity index (χ3n) is 2.54. The third kappa shape index (κ3) is 5.42. The van der Waals surface area contributed by atoms with Crippen LogP contribution in [0.4, 0.5) is 0 Å². The van der Waals surface area contributed by atoms with Crippen LogP contribution in [0.25, 0.3) is 0 Å². The van der Waals surface area contributed by atoms with Crippen molar-refractivity contribution in [2.45, 2.75) is 13.0 Å². The first kappa shape index (κ1) is 15.7. The van der Waals surface area contributed by atoms with Crippen molar-refractivity contribution in [3.8, 4) is 11.5 Å². The summed E-state index contributed by atoms with van der Waals surface area (Å²) in [5.41, 5.74) is 0.818. The zero-order valence-electron chi connectivity index (χ0n) is 11.5. The zero-order valence-corrected chi connectivity index (χ0v) is 11.5. The maximum atomic E-state index is 8.55. The monoisotopic (exact) mass is 270 g/mol. The maximum Gasteiger partial charge on any atom is 0.183 e. The molecule has 1 aromatic rings. The second-order valence-corrected chi connectivity index (χ2v) is 3.86. The van der Waals surface area contributed by atoms with Crippen LogP contribution in [0.3, 0.4) is 0 Å². The van der Waals surface area contributed by atoms with E-state index in [1.54, 1.807) is 26.5 Å². The highest BCUT2D eigenvalue weighted by molar-refractivity contribution is 5.42. The Hall–Kier alpha value is -1.37. The molecule has 1 rings (SSSR count). The van der Waals surface area contributed by atoms with Crippen LogP contribution in [0.1, 0.15) is 12.1 Å². The fraction of sp³-hybridized carbons (Fsp3) is 0.615. The lowest BCUT2D eigenvalue weighted by Gasteiger charge is -2.12. The lowest BCUT2D eigenvalue weighted by molar-refractivity contribution is 0.0907. The molecule has 0 fully saturated rings. The Balaban J connectivity index is 2.33. The molecule has 0 aliphatic rings. The molecular formula is C13H22N2O4. The van der Waals surface area contributed by atoms with Gasteiger partial charge in [-0.1, -0.05) is 0 Å². The molecule has 19 heavy (non-hydrogen) atoms. The van der Waals surface area contributed by atoms with Crippen LogP contribution >= 0.6 is 0 Å². The molecule has 0 aliphatic heterocycles. The average molecular weight is 270 g/mol. The molecule has 0 saturated carbocycles. The number of aliphatic hydroxyl groups is 1. The molecule has 6 heteroatoms. The molecular weight excluding hydrogens is 248 g/mol. The molecule has 0 aliphatic carbocycles. The SMILES string of the molecule is COc1ccnc(CNCCCOCCO)c1OC. The van der Waals surface area contributed by atoms with Crippen LogP contribution in [0.15, 0.2) is 12.3 Å². The summed E-state index contributed by atoms with van der Waals surface area (Å²) in [6.45, 7) is 2.52. The molecule has 1 heterocycles. The molecule has 0 amide bonds. The number of hydrogen-bond donors (Lipinski definition) is 2. The number of rotatable bonds is 10. The fourth-order valence-corrected chi connectivity index (χ4v) is 1.65. The van der Waals surface area contributed by atoms with Gasteiger partial charge in [0, 0.05) is 25.4 Å². The van der Waals surface area contributed by atoms with Crippen molar-refractivity contribution in [3.63, 3.8) is 0 Å². The number of pyridine rings is 1. The van der Waals surface area contributed by atoms with Crippen molar-refractivity contribution in [1.29, 1.82) is 0 Å². The minimum Gasteiger partial charge on any atom is -0.493 e. The quantitative estimate of drug-likeness (QED) is 0.606. The molecule has 1 aromatic heterocycles. The van der Waals surface area contributed by atoms with Gasteiger partial charge in [-0.05, 0) is 13.0 Å². The molecule has 6 nitrogen and oxygen atoms in total. The van der Waals surface area contributed by atoms with Crippen LogP contribution in [-0.2, 0) is 11.3 Å². The Bertz CT molecular complexity index is 360. The lowest BCUT2D eigenvalue weighted by Crippen LogP contribution is -2.18. The number of hydrogen-bond acceptors (Lipinski definition) is 6. The summed E-state index contributed by atoms with van der Waals surface area (Å²) in [5, 5.41) is 11.8. The highest BCUT2D eigenvalue weighted by atomic mass is 16.5. The molecule has 0 bridgehead atoms. The van der Waals surface area contributed by atoms with Crippen LogP contribution in [0.5, 0.6) is 11.5 Å². The van der Waals surface area contributed by atoms with Crippen molar-refractivity contribution < 1.29 is 19.3 Å². The van der Waals surface area contributed by atoms with Crippen LogP contribution in [0, 0.1) is 0 Å². The van der Waals surface area contributed by atoms with Gasteiger partial charge in [0.1, 0.15) is 0 Å². The summed E-state index contributed by atoms with van der Waals surface area (Å²) in [7, 11) is 3.21. The van der Waals surface area contributed by atoms with E-state index in [1.807, 2.05) is 0 Å². The average Bonchev–Trinajstić information content (AvgIpc) is 2.45. The molecule has 2 N–H and O–H groups in total. The summed E-state index contributed by atoms with van der Waals surface area (Å²) >= 11 is 0. The summed E-state index contributed by atoms with van der Waals surface area (Å²) in [6, 6.07) is 1.77. The molecule has 0 unspecified atom stereocenters. The van der Waals surface area contributed by atoms with Gasteiger partial charge in [0.2, 0.25) is 0 Å². The number of methoxy groups -OCH3 is 2. The highest BCUT2D eigenvalue weighted by Crippen LogP contribution is 2.28. The van der Waals surface area contributed by atoms with Crippen molar-refractivity contribution in [3.05, 3.63) is 18.0 Å². The van der Waals surface area contributed by atoms with E-state index in [0.717, 1.165) is 18.7 Å². The predicted octanol–water partition coefficient (Wildman–Crippen LogP) is 0.587. The number of nitrogens with one attached hydrogen (secondary N) is 1. The highest BCUT2D eigenvalue weighted by Gasteiger charge is 2.09. The van der Waals surface area contributed by atoms with Crippen LogP contribution < -0.4 is 14.8 Å². The van der Waals surface area contributed by atoms with Gasteiger partial charge in [0.05, 0.1) is 33.1 Å². The first-order valence-electron chi connectivity index (χ1n) is 6.28. The molecule has 108 valence electrons. The third-order valence-corrected chi connectivity index (χ3v) is 2.54. The Kier molecular flexibility index (Phi) is 7.88. The maximum absolute atomic E-state index is 8.55. The van der Waals surface area contributed by atoms with Gasteiger partial charge in [-0.25, -0.2) is 0 Å². The van der Waals surface area contributed by atoms with E-state index in [0.29, 0.717) is 31.3 Å². The number of aromatic nitrogens is 1. The number of ether oxygens (including phenoxy) is 3. The van der Waals surface area contributed by atoms with E-state index in [-0.39, 0.29) is 6.61 Å². The lowest BCUT2D eigenvalue weighted by atomic mass is 10.3. The van der Waals surface area contributed by atoms with Crippen molar-refractivity contribution in [1.82, 2.24) is 10.3 Å². The van der Waals surface area contributed by atoms with E-state index in [9.17, 15) is 0 Å². The Morgan fingerprint density at radius 1 is 1.26 bits per heavy atom. The number of aliphatic hydroxyl groups excluding tert-OH is 1. The predicted molar refractivity (Wildman–Crippen MR) is 71.6 cm³/mol. The van der Waals surface area contributed by atoms with E-state index >= 15 is 0 Å². The van der Waals surface area contributed by atoms with Gasteiger partial charge in [-0.3, -0.25) is 4.98 Å². The zero-order chi connectivity index (χ0) is 13.9. The summed E-state index contributed by atoms with van der Waals surface area (Å²) in [6.07, 6.45) is 2.58. The topological polar surface area (TPSA) is 72.8 Å². The van der Waals surface area contributed by atoms with E-state index in [4.69, 9.17) is 19.3 Å². The van der Waals surface area contributed by atoms with Gasteiger partial charge < -0.3 is 24.6 Å². The first-order chi connectivity index (χ1) is 9.33. The Labute approximate surface area is 113 Å². The number of nitrogens with zero attached hydrogens (tertiary/aromatic N) is 1. The van der Waals surface area contributed by atoms with Gasteiger partial charge >= 0.3 is 0 Å². The first-order valence-corrected chi connectivity index (χ1v) is 6.28. The smallest absolute Gasteiger partial charge is 0.183 e. The second kappa shape index (κ2) is 9.55. The standard InChI is InChI=1S/C13H22N2O4/c1-17-12-4-6-15-11(13(12)18-2)10-14-5-3-8-19-9-7-16/h4,6,14,16H,3,5,7-10H2,1-2H3. The van der Waals surface area contributed by atoms with E-state index < -0.39 is 0 Å². The fourth-order valence-electron chi connectivity index (χ4n) is 1.65. The van der Waals surface area contributed by atoms with Crippen molar-refractivity contribution >= 4 is 0 Å². The molecule has 0 aromatic carbocycles. The van der Waals surface area contributed by atoms with Gasteiger partial charge in [-0.2, -0.15) is 0 Å². The van der Waals surface area contributed by atoms with Gasteiger partial charge in [0.15, 0.2) is 11.5 Å². The molecule has 0 radical (unpaired) electrons. The van der Waals surface area contributed by atoms with Crippen LogP contribution in [0.2, 0.25) is 0 Å². The minimum atomic E-state index is 0.0678.